The van der Waals surface area contributed by atoms with E-state index in [0.29, 0.717) is 0 Å². The van der Waals surface area contributed by atoms with Gasteiger partial charge in [-0.3, -0.25) is 0 Å². The number of fused-ring (bicyclic) bond motifs is 2. The Balaban J connectivity index is 2.14. The van der Waals surface area contributed by atoms with Crippen LogP contribution in [0, 0.1) is 0 Å². The van der Waals surface area contributed by atoms with Gasteiger partial charge in [0.2, 0.25) is 0 Å². The lowest BCUT2D eigenvalue weighted by Crippen LogP contribution is -1.93. The summed E-state index contributed by atoms with van der Waals surface area (Å²) in [5.74, 6) is 0. The van der Waals surface area contributed by atoms with Gasteiger partial charge in [0.25, 0.3) is 0 Å². The maximum absolute atomic E-state index is 6.00. The topological polar surface area (TPSA) is 26.0 Å². The zero-order chi connectivity index (χ0) is 9.54. The molecule has 0 spiro atoms. The molecule has 72 valence electrons. The van der Waals surface area contributed by atoms with E-state index in [2.05, 4.69) is 12.1 Å². The van der Waals surface area contributed by atoms with Crippen molar-refractivity contribution < 1.29 is 0 Å². The van der Waals surface area contributed by atoms with Crippen molar-refractivity contribution in [2.45, 2.75) is 32.1 Å². The minimum Gasteiger partial charge on any atom is -0.398 e. The van der Waals surface area contributed by atoms with Crippen molar-refractivity contribution in [1.82, 2.24) is 0 Å². The van der Waals surface area contributed by atoms with Gasteiger partial charge in [0, 0.05) is 5.69 Å². The first-order chi connectivity index (χ1) is 6.86. The molecule has 3 rings (SSSR count). The highest BCUT2D eigenvalue weighted by Gasteiger charge is 2.24. The van der Waals surface area contributed by atoms with Gasteiger partial charge in [-0.1, -0.05) is 17.7 Å². The van der Waals surface area contributed by atoms with Gasteiger partial charge in [-0.2, -0.15) is 0 Å². The Morgan fingerprint density at radius 3 is 2.86 bits per heavy atom. The molecule has 2 aliphatic carbocycles. The predicted octanol–water partition coefficient (Wildman–Crippen LogP) is 3.15. The Morgan fingerprint density at radius 2 is 1.93 bits per heavy atom. The Bertz CT molecular complexity index is 415. The number of nitrogen functional groups attached to an aromatic ring is 1. The molecule has 0 saturated carbocycles. The van der Waals surface area contributed by atoms with Crippen molar-refractivity contribution in [3.05, 3.63) is 34.9 Å². The summed E-state index contributed by atoms with van der Waals surface area (Å²) in [5, 5.41) is 0. The van der Waals surface area contributed by atoms with Gasteiger partial charge in [0.15, 0.2) is 0 Å². The molecular weight excluding hydrogens is 170 g/mol. The average Bonchev–Trinajstić information content (AvgIpc) is 2.59. The molecule has 1 aromatic carbocycles. The van der Waals surface area contributed by atoms with Crippen LogP contribution in [0.2, 0.25) is 0 Å². The maximum atomic E-state index is 6.00. The fraction of sp³-hybridized carbons (Fsp3) is 0.385. The molecule has 0 aliphatic heterocycles. The summed E-state index contributed by atoms with van der Waals surface area (Å²) in [6, 6.07) is 6.34. The Hall–Kier alpha value is -1.24. The van der Waals surface area contributed by atoms with E-state index in [0.717, 1.165) is 12.1 Å². The number of hydrogen-bond acceptors (Lipinski definition) is 1. The van der Waals surface area contributed by atoms with E-state index in [1.807, 2.05) is 6.07 Å². The van der Waals surface area contributed by atoms with Gasteiger partial charge in [-0.15, -0.1) is 0 Å². The summed E-state index contributed by atoms with van der Waals surface area (Å²) >= 11 is 0. The average molecular weight is 185 g/mol. The monoisotopic (exact) mass is 185 g/mol. The van der Waals surface area contributed by atoms with Gasteiger partial charge in [-0.25, -0.2) is 0 Å². The minimum absolute atomic E-state index is 0.983. The summed E-state index contributed by atoms with van der Waals surface area (Å²) < 4.78 is 0. The van der Waals surface area contributed by atoms with E-state index in [1.54, 1.807) is 11.1 Å². The number of hydrogen-bond donors (Lipinski definition) is 1. The molecule has 0 saturated heterocycles. The number of rotatable bonds is 0. The van der Waals surface area contributed by atoms with Crippen molar-refractivity contribution in [3.8, 4) is 0 Å². The van der Waals surface area contributed by atoms with Crippen LogP contribution in [0.1, 0.15) is 36.8 Å². The van der Waals surface area contributed by atoms with Gasteiger partial charge in [0.05, 0.1) is 0 Å². The van der Waals surface area contributed by atoms with Crippen LogP contribution in [0.15, 0.2) is 23.8 Å². The van der Waals surface area contributed by atoms with E-state index >= 15 is 0 Å². The summed E-state index contributed by atoms with van der Waals surface area (Å²) in [6.07, 6.45) is 6.41. The number of anilines is 1. The quantitative estimate of drug-likeness (QED) is 0.617. The highest BCUT2D eigenvalue weighted by Crippen LogP contribution is 2.43. The largest absolute Gasteiger partial charge is 0.398 e. The predicted molar refractivity (Wildman–Crippen MR) is 59.9 cm³/mol. The Morgan fingerprint density at radius 1 is 1.07 bits per heavy atom. The van der Waals surface area contributed by atoms with Crippen molar-refractivity contribution in [2.24, 2.45) is 0 Å². The molecule has 0 fully saturated rings. The SMILES string of the molecule is Nc1cccc2c1CC1=C2CCCC1. The first kappa shape index (κ1) is 8.10. The van der Waals surface area contributed by atoms with Crippen LogP contribution >= 0.6 is 0 Å². The first-order valence-corrected chi connectivity index (χ1v) is 5.45. The van der Waals surface area contributed by atoms with E-state index < -0.39 is 0 Å². The van der Waals surface area contributed by atoms with Crippen molar-refractivity contribution >= 4 is 11.3 Å². The van der Waals surface area contributed by atoms with E-state index in [-0.39, 0.29) is 0 Å². The van der Waals surface area contributed by atoms with Crippen molar-refractivity contribution in [3.63, 3.8) is 0 Å². The third-order valence-electron chi connectivity index (χ3n) is 3.51. The van der Waals surface area contributed by atoms with E-state index in [1.165, 1.54) is 36.8 Å². The number of benzene rings is 1. The van der Waals surface area contributed by atoms with Crippen LogP contribution < -0.4 is 5.73 Å². The highest BCUT2D eigenvalue weighted by atomic mass is 14.6. The molecule has 1 aromatic rings. The van der Waals surface area contributed by atoms with Gasteiger partial charge >= 0.3 is 0 Å². The minimum atomic E-state index is 0.983. The summed E-state index contributed by atoms with van der Waals surface area (Å²) in [7, 11) is 0. The Kier molecular flexibility index (Phi) is 1.66. The number of nitrogens with two attached hydrogens (primary N) is 1. The maximum Gasteiger partial charge on any atom is 0.0355 e. The van der Waals surface area contributed by atoms with Crippen LogP contribution in [0.25, 0.3) is 5.57 Å². The van der Waals surface area contributed by atoms with E-state index in [9.17, 15) is 0 Å². The van der Waals surface area contributed by atoms with Gasteiger partial charge in [-0.05, 0) is 54.9 Å². The molecule has 0 atom stereocenters. The zero-order valence-corrected chi connectivity index (χ0v) is 8.34. The fourth-order valence-electron chi connectivity index (χ4n) is 2.79. The normalized spacial score (nSPS) is 19.4. The molecule has 2 aliphatic rings. The smallest absolute Gasteiger partial charge is 0.0355 e. The lowest BCUT2D eigenvalue weighted by atomic mass is 9.92. The highest BCUT2D eigenvalue weighted by molar-refractivity contribution is 5.80. The Labute approximate surface area is 84.6 Å². The lowest BCUT2D eigenvalue weighted by molar-refractivity contribution is 0.711. The number of allylic oxidation sites excluding steroid dienone is 2. The third-order valence-corrected chi connectivity index (χ3v) is 3.51. The summed E-state index contributed by atoms with van der Waals surface area (Å²) in [5.41, 5.74) is 13.1. The zero-order valence-electron chi connectivity index (χ0n) is 8.34. The van der Waals surface area contributed by atoms with Gasteiger partial charge < -0.3 is 5.73 Å². The van der Waals surface area contributed by atoms with Crippen LogP contribution in [0.3, 0.4) is 0 Å². The van der Waals surface area contributed by atoms with Crippen molar-refractivity contribution in [1.29, 1.82) is 0 Å². The molecule has 0 unspecified atom stereocenters. The van der Waals surface area contributed by atoms with Crippen LogP contribution in [-0.4, -0.2) is 0 Å². The first-order valence-electron chi connectivity index (χ1n) is 5.45. The molecule has 14 heavy (non-hydrogen) atoms. The molecule has 0 bridgehead atoms. The van der Waals surface area contributed by atoms with Crippen LogP contribution in [-0.2, 0) is 6.42 Å². The summed E-state index contributed by atoms with van der Waals surface area (Å²) in [6.45, 7) is 0. The lowest BCUT2D eigenvalue weighted by Gasteiger charge is -2.13. The van der Waals surface area contributed by atoms with E-state index in [4.69, 9.17) is 5.73 Å². The molecule has 1 heteroatoms. The second kappa shape index (κ2) is 2.88. The standard InChI is InChI=1S/C13H15N/c14-13-7-3-6-11-10-5-2-1-4-9(10)8-12(11)13/h3,6-7H,1-2,4-5,8,14H2. The summed E-state index contributed by atoms with van der Waals surface area (Å²) in [4.78, 5) is 0. The second-order valence-electron chi connectivity index (χ2n) is 4.34. The van der Waals surface area contributed by atoms with Crippen molar-refractivity contribution in [2.75, 3.05) is 5.73 Å². The second-order valence-corrected chi connectivity index (χ2v) is 4.34. The van der Waals surface area contributed by atoms with Crippen LogP contribution in [0.4, 0.5) is 5.69 Å². The van der Waals surface area contributed by atoms with Crippen LogP contribution in [0.5, 0.6) is 0 Å². The molecule has 1 nitrogen and oxygen atoms in total. The molecule has 0 radical (unpaired) electrons. The molecule has 0 aromatic heterocycles. The van der Waals surface area contributed by atoms with Gasteiger partial charge in [0.1, 0.15) is 0 Å². The third kappa shape index (κ3) is 1.02. The molecular formula is C13H15N. The molecule has 2 N–H and O–H groups in total. The molecule has 0 amide bonds. The molecule has 0 heterocycles. The fourth-order valence-corrected chi connectivity index (χ4v) is 2.79.